The molecular formula is C70H84N12O12. The van der Waals surface area contributed by atoms with Crippen molar-refractivity contribution in [3.63, 3.8) is 0 Å². The van der Waals surface area contributed by atoms with Gasteiger partial charge >= 0.3 is 0 Å². The van der Waals surface area contributed by atoms with Crippen LogP contribution in [0.3, 0.4) is 0 Å². The van der Waals surface area contributed by atoms with E-state index in [2.05, 4.69) is 53.2 Å². The van der Waals surface area contributed by atoms with E-state index in [0.29, 0.717) is 0 Å². The molecule has 0 saturated carbocycles. The van der Waals surface area contributed by atoms with Crippen LogP contribution in [0.25, 0.3) is 0 Å². The van der Waals surface area contributed by atoms with Crippen molar-refractivity contribution < 1.29 is 58.2 Å². The molecule has 0 radical (unpaired) electrons. The highest BCUT2D eigenvalue weighted by atomic mass is 16.3. The quantitative estimate of drug-likeness (QED) is 0.0198. The zero-order valence-electron chi connectivity index (χ0n) is 53.1. The highest BCUT2D eigenvalue weighted by Gasteiger charge is 2.39. The molecule has 496 valence electrons. The third-order valence-corrected chi connectivity index (χ3v) is 15.5. The lowest BCUT2D eigenvalue weighted by molar-refractivity contribution is -0.133. The maximum atomic E-state index is 14.4. The van der Waals surface area contributed by atoms with E-state index in [0.717, 1.165) is 34.4 Å². The van der Waals surface area contributed by atoms with E-state index in [9.17, 15) is 58.2 Å². The third-order valence-electron chi connectivity index (χ3n) is 15.5. The van der Waals surface area contributed by atoms with Crippen molar-refractivity contribution in [1.82, 2.24) is 42.5 Å². The summed E-state index contributed by atoms with van der Waals surface area (Å²) in [6, 6.07) is 34.6. The van der Waals surface area contributed by atoms with E-state index in [-0.39, 0.29) is 112 Å². The molecule has 6 aromatic rings. The second-order valence-electron chi connectivity index (χ2n) is 23.9. The number of nitrogens with one attached hydrogen (secondary N) is 10. The van der Waals surface area contributed by atoms with Crippen LogP contribution in [0.2, 0.25) is 0 Å². The van der Waals surface area contributed by atoms with Crippen molar-refractivity contribution in [3.8, 4) is 11.5 Å². The Hall–Kier alpha value is -10.5. The summed E-state index contributed by atoms with van der Waals surface area (Å²) < 4.78 is 0. The first-order valence-electron chi connectivity index (χ1n) is 31.3. The zero-order chi connectivity index (χ0) is 67.8. The van der Waals surface area contributed by atoms with E-state index in [1.165, 1.54) is 0 Å². The number of aromatic hydroxyl groups is 2. The first-order chi connectivity index (χ1) is 45.1. The van der Waals surface area contributed by atoms with Crippen LogP contribution in [0.5, 0.6) is 11.5 Å². The van der Waals surface area contributed by atoms with Crippen LogP contribution in [-0.4, -0.2) is 145 Å². The lowest BCUT2D eigenvalue weighted by atomic mass is 9.81. The Kier molecular flexibility index (Phi) is 26.3. The number of carbonyl (C=O) groups excluding carboxylic acids is 10. The lowest BCUT2D eigenvalue weighted by Gasteiger charge is -2.26. The first-order valence-corrected chi connectivity index (χ1v) is 31.3. The molecule has 0 unspecified atom stereocenters. The summed E-state index contributed by atoms with van der Waals surface area (Å²) >= 11 is 0. The fourth-order valence-electron chi connectivity index (χ4n) is 10.9. The Morgan fingerprint density at radius 1 is 0.362 bits per heavy atom. The SMILES string of the molecule is CC(C)C[C@H](NC(=O)[C@H](Cc1ccccc1)NC(=O)[C@H](Cc1ccccc1)NC(=O)CNCCNc1ccc(NCCNCC(=O)N[C@@H](Cc2ccccc2)C(=O)N[C@@H](Cc2ccccc2)C(=O)N[C@@H](CC(C)C)C(N)=O)c2c1C(=O)c1c(O)ccc(O)c1C2=O)C(N)=O. The minimum Gasteiger partial charge on any atom is -0.507 e. The number of fused-ring (bicyclic) bond motifs is 2. The van der Waals surface area contributed by atoms with Crippen LogP contribution in [0, 0.1) is 11.8 Å². The van der Waals surface area contributed by atoms with Crippen molar-refractivity contribution >= 4 is 70.2 Å². The van der Waals surface area contributed by atoms with Crippen LogP contribution < -0.4 is 64.6 Å². The predicted molar refractivity (Wildman–Crippen MR) is 355 cm³/mol. The zero-order valence-corrected chi connectivity index (χ0v) is 53.1. The molecule has 0 fully saturated rings. The van der Waals surface area contributed by atoms with Crippen LogP contribution in [0.1, 0.15) is 94.6 Å². The number of primary amides is 2. The molecule has 0 heterocycles. The van der Waals surface area contributed by atoms with Gasteiger partial charge in [-0.15, -0.1) is 0 Å². The summed E-state index contributed by atoms with van der Waals surface area (Å²) in [6.07, 6.45) is 0.814. The van der Waals surface area contributed by atoms with Gasteiger partial charge in [-0.2, -0.15) is 0 Å². The van der Waals surface area contributed by atoms with Gasteiger partial charge in [0.15, 0.2) is 0 Å². The average molecular weight is 1290 g/mol. The van der Waals surface area contributed by atoms with Crippen molar-refractivity contribution in [2.24, 2.45) is 23.3 Å². The van der Waals surface area contributed by atoms with E-state index in [4.69, 9.17) is 11.5 Å². The van der Waals surface area contributed by atoms with Crippen LogP contribution in [0.4, 0.5) is 11.4 Å². The van der Waals surface area contributed by atoms with Crippen molar-refractivity contribution in [3.05, 3.63) is 190 Å². The molecule has 0 aromatic heterocycles. The predicted octanol–water partition coefficient (Wildman–Crippen LogP) is 2.82. The summed E-state index contributed by atoms with van der Waals surface area (Å²) in [5.41, 5.74) is 13.6. The van der Waals surface area contributed by atoms with Crippen molar-refractivity contribution in [2.75, 3.05) is 49.9 Å². The first kappa shape index (κ1) is 71.0. The monoisotopic (exact) mass is 1280 g/mol. The largest absolute Gasteiger partial charge is 0.507 e. The fourth-order valence-corrected chi connectivity index (χ4v) is 10.9. The molecule has 1 aliphatic carbocycles. The van der Waals surface area contributed by atoms with Gasteiger partial charge in [-0.1, -0.05) is 149 Å². The summed E-state index contributed by atoms with van der Waals surface area (Å²) in [6.45, 7) is 7.35. The number of benzene rings is 6. The molecule has 0 aliphatic heterocycles. The molecule has 7 rings (SSSR count). The highest BCUT2D eigenvalue weighted by molar-refractivity contribution is 6.33. The molecule has 6 aromatic carbocycles. The molecule has 1 aliphatic rings. The highest BCUT2D eigenvalue weighted by Crippen LogP contribution is 2.42. The van der Waals surface area contributed by atoms with Crippen molar-refractivity contribution in [1.29, 1.82) is 0 Å². The number of rotatable bonds is 36. The smallest absolute Gasteiger partial charge is 0.243 e. The van der Waals surface area contributed by atoms with E-state index in [1.54, 1.807) is 109 Å². The molecule has 0 saturated heterocycles. The molecule has 8 amide bonds. The number of ketones is 2. The maximum Gasteiger partial charge on any atom is 0.243 e. The molecule has 16 N–H and O–H groups in total. The van der Waals surface area contributed by atoms with Crippen LogP contribution >= 0.6 is 0 Å². The van der Waals surface area contributed by atoms with Crippen LogP contribution in [0.15, 0.2) is 146 Å². The maximum absolute atomic E-state index is 14.4. The van der Waals surface area contributed by atoms with Gasteiger partial charge in [0.25, 0.3) is 0 Å². The average Bonchev–Trinajstić information content (AvgIpc) is 0.735. The Bertz CT molecular complexity index is 3400. The number of phenolic OH excluding ortho intramolecular Hbond substituents is 2. The van der Waals surface area contributed by atoms with E-state index < -0.39 is 118 Å². The number of hydrogen-bond donors (Lipinski definition) is 14. The second kappa shape index (κ2) is 34.8. The Labute approximate surface area is 546 Å². The van der Waals surface area contributed by atoms with Gasteiger partial charge in [-0.3, -0.25) is 47.9 Å². The van der Waals surface area contributed by atoms with Gasteiger partial charge < -0.3 is 74.8 Å². The van der Waals surface area contributed by atoms with Gasteiger partial charge in [0.2, 0.25) is 58.8 Å². The molecule has 0 bridgehead atoms. The second-order valence-corrected chi connectivity index (χ2v) is 23.9. The van der Waals surface area contributed by atoms with E-state index in [1.807, 2.05) is 52.0 Å². The standard InChI is InChI=1S/C70H84N12O12/c1-41(2)33-49(65(71)89)79-69(93)53(37-45-21-13-7-14-22-45)81-67(91)51(35-43-17-9-5-10-18-43)77-57(85)39-73-29-31-75-47-25-26-48(60-59(47)63(87)61-55(83)27-28-56(84)62(61)64(60)88)76-32-30-74-40-58(86)78-52(36-44-19-11-6-12-20-44)68(92)82-54(38-46-23-15-8-16-24-46)70(94)80-50(66(72)90)34-42(3)4/h5-28,41-42,49-54,73-76,83-84H,29-40H2,1-4H3,(H2,71,89)(H2,72,90)(H,77,85)(H,78,86)(H,79,93)(H,80,94)(H,81,91)(H,82,92)/t49-,50-,51-,52-,53-,54-/m0/s1. The Morgan fingerprint density at radius 2 is 0.638 bits per heavy atom. The molecular weight excluding hydrogens is 1200 g/mol. The van der Waals surface area contributed by atoms with Gasteiger partial charge in [-0.05, 0) is 71.2 Å². The topological polar surface area (TPSA) is 384 Å². The van der Waals surface area contributed by atoms with Gasteiger partial charge in [0.1, 0.15) is 47.8 Å². The Balaban J connectivity index is 0.987. The fraction of sp³-hybridized carbons (Fsp3) is 0.343. The summed E-state index contributed by atoms with van der Waals surface area (Å²) in [7, 11) is 0. The molecule has 24 heteroatoms. The molecule has 24 nitrogen and oxygen atoms in total. The summed E-state index contributed by atoms with van der Waals surface area (Å²) in [5.74, 6) is -7.68. The number of phenols is 2. The lowest BCUT2D eigenvalue weighted by Crippen LogP contribution is -2.58. The molecule has 0 spiro atoms. The number of hydrogen-bond acceptors (Lipinski definition) is 16. The Morgan fingerprint density at radius 3 is 0.915 bits per heavy atom. The van der Waals surface area contributed by atoms with E-state index >= 15 is 0 Å². The summed E-state index contributed by atoms with van der Waals surface area (Å²) in [4.78, 5) is 137. The van der Waals surface area contributed by atoms with Gasteiger partial charge in [0, 0.05) is 63.2 Å². The number of carbonyl (C=O) groups is 10. The summed E-state index contributed by atoms with van der Waals surface area (Å²) in [5, 5.41) is 50.7. The minimum atomic E-state index is -1.16. The van der Waals surface area contributed by atoms with Crippen LogP contribution in [-0.2, 0) is 64.0 Å². The number of anilines is 2. The number of nitrogens with two attached hydrogens (primary N) is 2. The molecule has 6 atom stereocenters. The van der Waals surface area contributed by atoms with Gasteiger partial charge in [0.05, 0.1) is 35.3 Å². The van der Waals surface area contributed by atoms with Gasteiger partial charge in [-0.25, -0.2) is 0 Å². The third kappa shape index (κ3) is 20.8. The number of amides is 8. The molecule has 94 heavy (non-hydrogen) atoms. The van der Waals surface area contributed by atoms with Crippen molar-refractivity contribution in [2.45, 2.75) is 102 Å². The minimum absolute atomic E-state index is 0.0190. The normalized spacial score (nSPS) is 13.6.